The molecule has 1 aromatic carbocycles. The molecule has 0 saturated heterocycles. The fraction of sp³-hybridized carbons (Fsp3) is 0.647. The molecule has 0 aliphatic heterocycles. The van der Waals surface area contributed by atoms with Gasteiger partial charge in [0.15, 0.2) is 0 Å². The molecule has 1 aromatic rings. The first-order valence-corrected chi connectivity index (χ1v) is 7.53. The fourth-order valence-electron chi connectivity index (χ4n) is 3.01. The van der Waals surface area contributed by atoms with Crippen LogP contribution in [-0.4, -0.2) is 6.54 Å². The van der Waals surface area contributed by atoms with Gasteiger partial charge in [0.25, 0.3) is 0 Å². The Kier molecular flexibility index (Phi) is 4.82. The number of benzene rings is 1. The highest BCUT2D eigenvalue weighted by Gasteiger charge is 2.23. The van der Waals surface area contributed by atoms with E-state index in [-0.39, 0.29) is 0 Å². The SMILES string of the molecule is CCc1ccc(C(C)NCC2CCCC2C)cc1. The molecule has 100 valence electrons. The second-order valence-electron chi connectivity index (χ2n) is 5.89. The van der Waals surface area contributed by atoms with Crippen molar-refractivity contribution >= 4 is 0 Å². The van der Waals surface area contributed by atoms with Gasteiger partial charge >= 0.3 is 0 Å². The molecule has 3 atom stereocenters. The summed E-state index contributed by atoms with van der Waals surface area (Å²) in [5, 5.41) is 3.71. The Hall–Kier alpha value is -0.820. The van der Waals surface area contributed by atoms with Gasteiger partial charge in [-0.1, -0.05) is 51.0 Å². The summed E-state index contributed by atoms with van der Waals surface area (Å²) in [4.78, 5) is 0. The van der Waals surface area contributed by atoms with Crippen molar-refractivity contribution in [1.29, 1.82) is 0 Å². The van der Waals surface area contributed by atoms with E-state index in [1.165, 1.54) is 36.9 Å². The molecule has 1 aliphatic rings. The summed E-state index contributed by atoms with van der Waals surface area (Å²) in [6, 6.07) is 9.53. The van der Waals surface area contributed by atoms with Crippen molar-refractivity contribution in [3.05, 3.63) is 35.4 Å². The van der Waals surface area contributed by atoms with Crippen LogP contribution in [0.3, 0.4) is 0 Å². The van der Waals surface area contributed by atoms with Crippen LogP contribution in [0.25, 0.3) is 0 Å². The van der Waals surface area contributed by atoms with Crippen molar-refractivity contribution in [2.45, 2.75) is 52.5 Å². The van der Waals surface area contributed by atoms with Gasteiger partial charge in [0, 0.05) is 6.04 Å². The molecule has 3 unspecified atom stereocenters. The summed E-state index contributed by atoms with van der Waals surface area (Å²) in [5.41, 5.74) is 2.84. The molecule has 1 fully saturated rings. The molecule has 0 bridgehead atoms. The molecule has 0 aromatic heterocycles. The predicted molar refractivity (Wildman–Crippen MR) is 78.7 cm³/mol. The third kappa shape index (κ3) is 3.35. The smallest absolute Gasteiger partial charge is 0.0291 e. The summed E-state index contributed by atoms with van der Waals surface area (Å²) in [6.45, 7) is 8.07. The minimum absolute atomic E-state index is 0.476. The first kappa shape index (κ1) is 13.6. The zero-order valence-electron chi connectivity index (χ0n) is 12.1. The first-order valence-electron chi connectivity index (χ1n) is 7.53. The summed E-state index contributed by atoms with van der Waals surface area (Å²) in [7, 11) is 0. The molecule has 1 saturated carbocycles. The van der Waals surface area contributed by atoms with Crippen molar-refractivity contribution in [2.24, 2.45) is 11.8 Å². The third-order valence-corrected chi connectivity index (χ3v) is 4.61. The van der Waals surface area contributed by atoms with Gasteiger partial charge in [-0.05, 0) is 49.3 Å². The highest BCUT2D eigenvalue weighted by Crippen LogP contribution is 2.30. The van der Waals surface area contributed by atoms with Crippen LogP contribution in [-0.2, 0) is 6.42 Å². The predicted octanol–water partition coefficient (Wildman–Crippen LogP) is 4.34. The van der Waals surface area contributed by atoms with E-state index in [2.05, 4.69) is 50.4 Å². The van der Waals surface area contributed by atoms with Gasteiger partial charge in [-0.3, -0.25) is 0 Å². The van der Waals surface area contributed by atoms with Gasteiger partial charge in [0.2, 0.25) is 0 Å². The van der Waals surface area contributed by atoms with E-state index in [1.54, 1.807) is 0 Å². The quantitative estimate of drug-likeness (QED) is 0.814. The van der Waals surface area contributed by atoms with Crippen LogP contribution < -0.4 is 5.32 Å². The zero-order valence-corrected chi connectivity index (χ0v) is 12.1. The lowest BCUT2D eigenvalue weighted by molar-refractivity contribution is 0.375. The summed E-state index contributed by atoms with van der Waals surface area (Å²) in [6.07, 6.45) is 5.39. The maximum Gasteiger partial charge on any atom is 0.0291 e. The van der Waals surface area contributed by atoms with Crippen LogP contribution in [0.1, 0.15) is 57.2 Å². The minimum atomic E-state index is 0.476. The molecule has 1 nitrogen and oxygen atoms in total. The average Bonchev–Trinajstić information content (AvgIpc) is 2.81. The van der Waals surface area contributed by atoms with E-state index in [0.29, 0.717) is 6.04 Å². The van der Waals surface area contributed by atoms with Crippen molar-refractivity contribution in [3.63, 3.8) is 0 Å². The Morgan fingerprint density at radius 2 is 1.94 bits per heavy atom. The lowest BCUT2D eigenvalue weighted by Gasteiger charge is -2.20. The van der Waals surface area contributed by atoms with E-state index in [0.717, 1.165) is 18.3 Å². The maximum absolute atomic E-state index is 3.71. The first-order chi connectivity index (χ1) is 8.70. The van der Waals surface area contributed by atoms with Crippen molar-refractivity contribution < 1.29 is 0 Å². The van der Waals surface area contributed by atoms with Crippen LogP contribution in [0.4, 0.5) is 0 Å². The highest BCUT2D eigenvalue weighted by molar-refractivity contribution is 5.24. The van der Waals surface area contributed by atoms with Crippen LogP contribution in [0.5, 0.6) is 0 Å². The van der Waals surface area contributed by atoms with Crippen molar-refractivity contribution in [1.82, 2.24) is 5.32 Å². The number of aryl methyl sites for hydroxylation is 1. The van der Waals surface area contributed by atoms with Crippen LogP contribution in [0.15, 0.2) is 24.3 Å². The van der Waals surface area contributed by atoms with Crippen LogP contribution >= 0.6 is 0 Å². The number of nitrogens with one attached hydrogen (secondary N) is 1. The van der Waals surface area contributed by atoms with Crippen molar-refractivity contribution in [2.75, 3.05) is 6.54 Å². The monoisotopic (exact) mass is 245 g/mol. The van der Waals surface area contributed by atoms with E-state index in [1.807, 2.05) is 0 Å². The highest BCUT2D eigenvalue weighted by atomic mass is 14.9. The molecular formula is C17H27N. The Labute approximate surface area is 112 Å². The van der Waals surface area contributed by atoms with E-state index < -0.39 is 0 Å². The standard InChI is InChI=1S/C17H27N/c1-4-15-8-10-16(11-9-15)14(3)18-12-17-7-5-6-13(17)2/h8-11,13-14,17-18H,4-7,12H2,1-3H3. The molecule has 18 heavy (non-hydrogen) atoms. The topological polar surface area (TPSA) is 12.0 Å². The van der Waals surface area contributed by atoms with Gasteiger partial charge < -0.3 is 5.32 Å². The van der Waals surface area contributed by atoms with Crippen molar-refractivity contribution in [3.8, 4) is 0 Å². The maximum atomic E-state index is 3.71. The van der Waals surface area contributed by atoms with E-state index in [9.17, 15) is 0 Å². The number of hydrogen-bond donors (Lipinski definition) is 1. The van der Waals surface area contributed by atoms with Gasteiger partial charge in [-0.15, -0.1) is 0 Å². The molecule has 0 radical (unpaired) electrons. The zero-order chi connectivity index (χ0) is 13.0. The molecular weight excluding hydrogens is 218 g/mol. The molecule has 0 amide bonds. The second kappa shape index (κ2) is 6.38. The lowest BCUT2D eigenvalue weighted by atomic mass is 9.97. The molecule has 1 N–H and O–H groups in total. The minimum Gasteiger partial charge on any atom is -0.310 e. The molecule has 0 spiro atoms. The molecule has 2 rings (SSSR count). The lowest BCUT2D eigenvalue weighted by Crippen LogP contribution is -2.27. The van der Waals surface area contributed by atoms with E-state index >= 15 is 0 Å². The fourth-order valence-corrected chi connectivity index (χ4v) is 3.01. The number of hydrogen-bond acceptors (Lipinski definition) is 1. The summed E-state index contributed by atoms with van der Waals surface area (Å²) in [5.74, 6) is 1.80. The van der Waals surface area contributed by atoms with Gasteiger partial charge in [0.1, 0.15) is 0 Å². The normalized spacial score (nSPS) is 25.3. The third-order valence-electron chi connectivity index (χ3n) is 4.61. The molecule has 1 heteroatoms. The molecule has 1 aliphatic carbocycles. The van der Waals surface area contributed by atoms with E-state index in [4.69, 9.17) is 0 Å². The Bertz CT molecular complexity index is 354. The largest absolute Gasteiger partial charge is 0.310 e. The Balaban J connectivity index is 1.84. The van der Waals surface area contributed by atoms with Crippen LogP contribution in [0, 0.1) is 11.8 Å². The van der Waals surface area contributed by atoms with Gasteiger partial charge in [0.05, 0.1) is 0 Å². The van der Waals surface area contributed by atoms with Gasteiger partial charge in [-0.25, -0.2) is 0 Å². The Morgan fingerprint density at radius 3 is 2.50 bits per heavy atom. The average molecular weight is 245 g/mol. The summed E-state index contributed by atoms with van der Waals surface area (Å²) < 4.78 is 0. The Morgan fingerprint density at radius 1 is 1.22 bits per heavy atom. The molecule has 0 heterocycles. The second-order valence-corrected chi connectivity index (χ2v) is 5.89. The summed E-state index contributed by atoms with van der Waals surface area (Å²) >= 11 is 0. The van der Waals surface area contributed by atoms with Gasteiger partial charge in [-0.2, -0.15) is 0 Å². The number of rotatable bonds is 5. The van der Waals surface area contributed by atoms with Crippen LogP contribution in [0.2, 0.25) is 0 Å².